The Morgan fingerprint density at radius 3 is 2.67 bits per heavy atom. The summed E-state index contributed by atoms with van der Waals surface area (Å²) in [7, 11) is 3.32. The highest BCUT2D eigenvalue weighted by Crippen LogP contribution is 2.28. The van der Waals surface area contributed by atoms with E-state index in [9.17, 15) is 0 Å². The molecule has 18 heavy (non-hydrogen) atoms. The molecule has 1 fully saturated rings. The molecule has 0 aliphatic heterocycles. The fourth-order valence-corrected chi connectivity index (χ4v) is 1.73. The molecule has 2 rings (SSSR count). The van der Waals surface area contributed by atoms with Crippen LogP contribution in [0.15, 0.2) is 18.2 Å². The van der Waals surface area contributed by atoms with Crippen molar-refractivity contribution in [1.82, 2.24) is 5.32 Å². The van der Waals surface area contributed by atoms with E-state index in [0.29, 0.717) is 19.3 Å². The quantitative estimate of drug-likeness (QED) is 0.717. The van der Waals surface area contributed by atoms with E-state index in [2.05, 4.69) is 11.4 Å². The standard InChI is InChI=1S/C14H21NO3/c1-16-7-8-18-14-9-11(3-6-13(14)17-2)10-15-12-4-5-12/h3,6,9,12,15H,4-5,7-8,10H2,1-2H3. The summed E-state index contributed by atoms with van der Waals surface area (Å²) < 4.78 is 15.9. The van der Waals surface area contributed by atoms with Gasteiger partial charge < -0.3 is 19.5 Å². The van der Waals surface area contributed by atoms with E-state index in [1.54, 1.807) is 14.2 Å². The highest BCUT2D eigenvalue weighted by Gasteiger charge is 2.20. The molecule has 0 radical (unpaired) electrons. The van der Waals surface area contributed by atoms with Gasteiger partial charge in [-0.25, -0.2) is 0 Å². The molecular formula is C14H21NO3. The van der Waals surface area contributed by atoms with Crippen molar-refractivity contribution in [3.63, 3.8) is 0 Å². The minimum absolute atomic E-state index is 0.534. The molecule has 0 aromatic heterocycles. The van der Waals surface area contributed by atoms with Gasteiger partial charge >= 0.3 is 0 Å². The van der Waals surface area contributed by atoms with E-state index in [4.69, 9.17) is 14.2 Å². The normalized spacial score (nSPS) is 14.6. The second kappa shape index (κ2) is 6.61. The molecule has 0 heterocycles. The van der Waals surface area contributed by atoms with Crippen LogP contribution in [0.2, 0.25) is 0 Å². The Labute approximate surface area is 108 Å². The third-order valence-electron chi connectivity index (χ3n) is 2.95. The highest BCUT2D eigenvalue weighted by molar-refractivity contribution is 5.43. The van der Waals surface area contributed by atoms with Gasteiger partial charge in [-0.1, -0.05) is 6.07 Å². The van der Waals surface area contributed by atoms with Crippen LogP contribution in [0, 0.1) is 0 Å². The van der Waals surface area contributed by atoms with Crippen LogP contribution < -0.4 is 14.8 Å². The first-order chi connectivity index (χ1) is 8.83. The van der Waals surface area contributed by atoms with E-state index in [1.165, 1.54) is 18.4 Å². The molecule has 1 aromatic rings. The Morgan fingerprint density at radius 2 is 2.00 bits per heavy atom. The molecule has 1 aliphatic carbocycles. The molecule has 0 amide bonds. The lowest BCUT2D eigenvalue weighted by Crippen LogP contribution is -2.15. The first kappa shape index (κ1) is 13.2. The van der Waals surface area contributed by atoms with Crippen molar-refractivity contribution in [3.8, 4) is 11.5 Å². The summed E-state index contributed by atoms with van der Waals surface area (Å²) in [6.07, 6.45) is 2.60. The summed E-state index contributed by atoms with van der Waals surface area (Å²) >= 11 is 0. The topological polar surface area (TPSA) is 39.7 Å². The second-order valence-electron chi connectivity index (χ2n) is 4.48. The predicted octanol–water partition coefficient (Wildman–Crippen LogP) is 1.97. The van der Waals surface area contributed by atoms with E-state index in [1.807, 2.05) is 12.1 Å². The SMILES string of the molecule is COCCOc1cc(CNC2CC2)ccc1OC. The molecule has 100 valence electrons. The molecule has 0 saturated heterocycles. The molecule has 4 heteroatoms. The van der Waals surface area contributed by atoms with Crippen molar-refractivity contribution in [3.05, 3.63) is 23.8 Å². The van der Waals surface area contributed by atoms with Crippen LogP contribution in [0.5, 0.6) is 11.5 Å². The van der Waals surface area contributed by atoms with E-state index >= 15 is 0 Å². The molecule has 0 spiro atoms. The van der Waals surface area contributed by atoms with E-state index in [0.717, 1.165) is 18.0 Å². The number of ether oxygens (including phenoxy) is 3. The first-order valence-electron chi connectivity index (χ1n) is 6.35. The predicted molar refractivity (Wildman–Crippen MR) is 70.2 cm³/mol. The van der Waals surface area contributed by atoms with Crippen molar-refractivity contribution in [2.75, 3.05) is 27.4 Å². The maximum Gasteiger partial charge on any atom is 0.161 e. The zero-order chi connectivity index (χ0) is 12.8. The number of benzene rings is 1. The van der Waals surface area contributed by atoms with Crippen LogP contribution >= 0.6 is 0 Å². The highest BCUT2D eigenvalue weighted by atomic mass is 16.5. The fourth-order valence-electron chi connectivity index (χ4n) is 1.73. The third-order valence-corrected chi connectivity index (χ3v) is 2.95. The minimum atomic E-state index is 0.534. The van der Waals surface area contributed by atoms with Crippen molar-refractivity contribution in [2.45, 2.75) is 25.4 Å². The summed E-state index contributed by atoms with van der Waals surface area (Å²) in [5.41, 5.74) is 1.22. The van der Waals surface area contributed by atoms with Crippen LogP contribution in [0.3, 0.4) is 0 Å². The Kier molecular flexibility index (Phi) is 4.84. The summed E-state index contributed by atoms with van der Waals surface area (Å²) in [6.45, 7) is 2.00. The molecule has 0 unspecified atom stereocenters. The Balaban J connectivity index is 1.95. The molecule has 1 aromatic carbocycles. The second-order valence-corrected chi connectivity index (χ2v) is 4.48. The van der Waals surface area contributed by atoms with Crippen LogP contribution in [0.25, 0.3) is 0 Å². The number of hydrogen-bond donors (Lipinski definition) is 1. The molecular weight excluding hydrogens is 230 g/mol. The van der Waals surface area contributed by atoms with Gasteiger partial charge in [-0.3, -0.25) is 0 Å². The molecule has 0 atom stereocenters. The van der Waals surface area contributed by atoms with Gasteiger partial charge in [-0.05, 0) is 30.5 Å². The Morgan fingerprint density at radius 1 is 1.17 bits per heavy atom. The van der Waals surface area contributed by atoms with E-state index < -0.39 is 0 Å². The van der Waals surface area contributed by atoms with Gasteiger partial charge in [0.1, 0.15) is 6.61 Å². The number of methoxy groups -OCH3 is 2. The van der Waals surface area contributed by atoms with Crippen LogP contribution in [-0.2, 0) is 11.3 Å². The van der Waals surface area contributed by atoms with Crippen LogP contribution in [-0.4, -0.2) is 33.5 Å². The van der Waals surface area contributed by atoms with Crippen LogP contribution in [0.4, 0.5) is 0 Å². The fraction of sp³-hybridized carbons (Fsp3) is 0.571. The Bertz CT molecular complexity index is 377. The average molecular weight is 251 g/mol. The van der Waals surface area contributed by atoms with Crippen molar-refractivity contribution in [2.24, 2.45) is 0 Å². The minimum Gasteiger partial charge on any atom is -0.493 e. The summed E-state index contributed by atoms with van der Waals surface area (Å²) in [5.74, 6) is 1.55. The van der Waals surface area contributed by atoms with Gasteiger partial charge in [0.15, 0.2) is 11.5 Å². The monoisotopic (exact) mass is 251 g/mol. The van der Waals surface area contributed by atoms with Gasteiger partial charge in [-0.15, -0.1) is 0 Å². The largest absolute Gasteiger partial charge is 0.493 e. The van der Waals surface area contributed by atoms with Gasteiger partial charge in [0.2, 0.25) is 0 Å². The van der Waals surface area contributed by atoms with Crippen molar-refractivity contribution in [1.29, 1.82) is 0 Å². The number of nitrogens with one attached hydrogen (secondary N) is 1. The maximum absolute atomic E-state index is 5.65. The first-order valence-corrected chi connectivity index (χ1v) is 6.35. The van der Waals surface area contributed by atoms with Crippen molar-refractivity contribution < 1.29 is 14.2 Å². The van der Waals surface area contributed by atoms with Gasteiger partial charge in [0.25, 0.3) is 0 Å². The molecule has 1 saturated carbocycles. The summed E-state index contributed by atoms with van der Waals surface area (Å²) in [4.78, 5) is 0. The lowest BCUT2D eigenvalue weighted by atomic mass is 10.2. The number of hydrogen-bond acceptors (Lipinski definition) is 4. The third kappa shape index (κ3) is 3.89. The van der Waals surface area contributed by atoms with Crippen LogP contribution in [0.1, 0.15) is 18.4 Å². The number of rotatable bonds is 8. The Hall–Kier alpha value is -1.26. The smallest absolute Gasteiger partial charge is 0.161 e. The lowest BCUT2D eigenvalue weighted by molar-refractivity contribution is 0.144. The van der Waals surface area contributed by atoms with E-state index in [-0.39, 0.29) is 0 Å². The van der Waals surface area contributed by atoms with Gasteiger partial charge in [-0.2, -0.15) is 0 Å². The summed E-state index contributed by atoms with van der Waals surface area (Å²) in [6, 6.07) is 6.76. The average Bonchev–Trinajstić information content (AvgIpc) is 3.21. The summed E-state index contributed by atoms with van der Waals surface area (Å²) in [5, 5.41) is 3.48. The zero-order valence-electron chi connectivity index (χ0n) is 11.1. The molecule has 1 aliphatic rings. The van der Waals surface area contributed by atoms with Gasteiger partial charge in [0.05, 0.1) is 13.7 Å². The lowest BCUT2D eigenvalue weighted by Gasteiger charge is -2.12. The van der Waals surface area contributed by atoms with Gasteiger partial charge in [0, 0.05) is 19.7 Å². The van der Waals surface area contributed by atoms with Crippen molar-refractivity contribution >= 4 is 0 Å². The molecule has 4 nitrogen and oxygen atoms in total. The zero-order valence-corrected chi connectivity index (χ0v) is 11.1. The molecule has 1 N–H and O–H groups in total. The maximum atomic E-state index is 5.65. The molecule has 0 bridgehead atoms.